The van der Waals surface area contributed by atoms with Crippen LogP contribution in [-0.4, -0.2) is 25.3 Å². The van der Waals surface area contributed by atoms with Gasteiger partial charge in [-0.3, -0.25) is 4.79 Å². The maximum atomic E-state index is 12.5. The molecule has 0 bridgehead atoms. The third-order valence-corrected chi connectivity index (χ3v) is 5.28. The topological polar surface area (TPSA) is 79.9 Å². The number of nitrogens with zero attached hydrogens (tertiary/aromatic N) is 1. The fourth-order valence-corrected chi connectivity index (χ4v) is 3.72. The Morgan fingerprint density at radius 2 is 1.71 bits per heavy atom. The molecule has 2 heterocycles. The second kappa shape index (κ2) is 6.74. The maximum absolute atomic E-state index is 12.5. The van der Waals surface area contributed by atoms with E-state index in [0.29, 0.717) is 22.9 Å². The molecule has 3 aliphatic rings. The zero-order chi connectivity index (χ0) is 19.1. The molecule has 0 saturated heterocycles. The Morgan fingerprint density at radius 1 is 0.964 bits per heavy atom. The highest BCUT2D eigenvalue weighted by molar-refractivity contribution is 6.01. The number of urea groups is 1. The molecule has 2 aromatic carbocycles. The van der Waals surface area contributed by atoms with Crippen LogP contribution in [0.5, 0.6) is 11.5 Å². The molecule has 1 fully saturated rings. The first-order valence-electron chi connectivity index (χ1n) is 9.59. The molecule has 2 aromatic rings. The van der Waals surface area contributed by atoms with Crippen LogP contribution in [0.4, 0.5) is 21.9 Å². The van der Waals surface area contributed by atoms with Crippen LogP contribution in [0.15, 0.2) is 36.4 Å². The van der Waals surface area contributed by atoms with Crippen LogP contribution in [0.25, 0.3) is 0 Å². The van der Waals surface area contributed by atoms with E-state index in [4.69, 9.17) is 9.47 Å². The Bertz CT molecular complexity index is 955. The Hall–Kier alpha value is -3.22. The summed E-state index contributed by atoms with van der Waals surface area (Å²) in [7, 11) is 0. The van der Waals surface area contributed by atoms with Crippen LogP contribution in [0.3, 0.4) is 0 Å². The van der Waals surface area contributed by atoms with Gasteiger partial charge >= 0.3 is 6.03 Å². The predicted octanol–water partition coefficient (Wildman–Crippen LogP) is 3.75. The Morgan fingerprint density at radius 3 is 2.54 bits per heavy atom. The average Bonchev–Trinajstić information content (AvgIpc) is 3.44. The van der Waals surface area contributed by atoms with E-state index in [9.17, 15) is 9.59 Å². The van der Waals surface area contributed by atoms with E-state index >= 15 is 0 Å². The number of fused-ring (bicyclic) bond motifs is 2. The van der Waals surface area contributed by atoms with E-state index in [2.05, 4.69) is 10.6 Å². The SMILES string of the molecule is O=C(Nc1ccc2c(c1)CCCN2C(=O)C1CC1)Nc1ccc2c(c1)OCO2. The van der Waals surface area contributed by atoms with Crippen molar-refractivity contribution in [1.29, 1.82) is 0 Å². The van der Waals surface area contributed by atoms with Gasteiger partial charge in [0.1, 0.15) is 0 Å². The molecule has 0 unspecified atom stereocenters. The highest BCUT2D eigenvalue weighted by Gasteiger charge is 2.35. The first-order chi connectivity index (χ1) is 13.7. The number of ether oxygens (including phenoxy) is 2. The predicted molar refractivity (Wildman–Crippen MR) is 105 cm³/mol. The van der Waals surface area contributed by atoms with Gasteiger partial charge in [-0.2, -0.15) is 0 Å². The molecule has 1 saturated carbocycles. The van der Waals surface area contributed by atoms with Gasteiger partial charge in [-0.25, -0.2) is 4.79 Å². The summed E-state index contributed by atoms with van der Waals surface area (Å²) >= 11 is 0. The van der Waals surface area contributed by atoms with Crippen molar-refractivity contribution in [3.63, 3.8) is 0 Å². The van der Waals surface area contributed by atoms with Crippen molar-refractivity contribution < 1.29 is 19.1 Å². The Balaban J connectivity index is 1.28. The third-order valence-electron chi connectivity index (χ3n) is 5.28. The second-order valence-electron chi connectivity index (χ2n) is 7.36. The lowest BCUT2D eigenvalue weighted by Crippen LogP contribution is -2.36. The van der Waals surface area contributed by atoms with Crippen molar-refractivity contribution in [2.24, 2.45) is 5.92 Å². The summed E-state index contributed by atoms with van der Waals surface area (Å²) in [6.45, 7) is 0.972. The van der Waals surface area contributed by atoms with E-state index in [-0.39, 0.29) is 24.6 Å². The van der Waals surface area contributed by atoms with E-state index in [1.165, 1.54) is 0 Å². The van der Waals surface area contributed by atoms with Crippen LogP contribution < -0.4 is 25.0 Å². The van der Waals surface area contributed by atoms with Crippen molar-refractivity contribution in [3.05, 3.63) is 42.0 Å². The van der Waals surface area contributed by atoms with Gasteiger partial charge in [0.2, 0.25) is 12.7 Å². The number of hydrogen-bond donors (Lipinski definition) is 2. The lowest BCUT2D eigenvalue weighted by Gasteiger charge is -2.30. The largest absolute Gasteiger partial charge is 0.454 e. The minimum Gasteiger partial charge on any atom is -0.454 e. The van der Waals surface area contributed by atoms with Crippen LogP contribution in [0, 0.1) is 5.92 Å². The summed E-state index contributed by atoms with van der Waals surface area (Å²) in [6.07, 6.45) is 3.86. The van der Waals surface area contributed by atoms with Gasteiger partial charge in [-0.1, -0.05) is 0 Å². The zero-order valence-corrected chi connectivity index (χ0v) is 15.4. The van der Waals surface area contributed by atoms with E-state index in [1.54, 1.807) is 18.2 Å². The van der Waals surface area contributed by atoms with E-state index < -0.39 is 0 Å². The van der Waals surface area contributed by atoms with Crippen molar-refractivity contribution >= 4 is 29.0 Å². The van der Waals surface area contributed by atoms with Crippen LogP contribution >= 0.6 is 0 Å². The van der Waals surface area contributed by atoms with Gasteiger partial charge in [-0.05, 0) is 61.6 Å². The summed E-state index contributed by atoms with van der Waals surface area (Å²) in [5.41, 5.74) is 3.41. The van der Waals surface area contributed by atoms with Crippen LogP contribution in [0.2, 0.25) is 0 Å². The number of carbonyl (C=O) groups excluding carboxylic acids is 2. The highest BCUT2D eigenvalue weighted by atomic mass is 16.7. The number of hydrogen-bond acceptors (Lipinski definition) is 4. The summed E-state index contributed by atoms with van der Waals surface area (Å²) in [4.78, 5) is 26.8. The lowest BCUT2D eigenvalue weighted by molar-refractivity contribution is -0.119. The molecular weight excluding hydrogens is 358 g/mol. The molecule has 1 aliphatic carbocycles. The molecule has 5 rings (SSSR count). The summed E-state index contributed by atoms with van der Waals surface area (Å²) in [6, 6.07) is 10.7. The van der Waals surface area contributed by atoms with Crippen molar-refractivity contribution in [2.75, 3.05) is 28.9 Å². The minimum atomic E-state index is -0.333. The number of aryl methyl sites for hydroxylation is 1. The van der Waals surface area contributed by atoms with Gasteiger partial charge < -0.3 is 25.0 Å². The number of nitrogens with one attached hydrogen (secondary N) is 2. The van der Waals surface area contributed by atoms with Crippen molar-refractivity contribution in [3.8, 4) is 11.5 Å². The molecule has 0 radical (unpaired) electrons. The fourth-order valence-electron chi connectivity index (χ4n) is 3.72. The molecule has 7 nitrogen and oxygen atoms in total. The standard InChI is InChI=1S/C21H21N3O4/c25-20(13-3-4-13)24-9-1-2-14-10-15(5-7-17(14)24)22-21(26)23-16-6-8-18-19(11-16)28-12-27-18/h5-8,10-11,13H,1-4,9,12H2,(H2,22,23,26). The number of anilines is 3. The Labute approximate surface area is 162 Å². The molecule has 28 heavy (non-hydrogen) atoms. The highest BCUT2D eigenvalue weighted by Crippen LogP contribution is 2.37. The third kappa shape index (κ3) is 3.24. The molecule has 7 heteroatoms. The van der Waals surface area contributed by atoms with E-state index in [1.807, 2.05) is 23.1 Å². The molecule has 2 N–H and O–H groups in total. The molecule has 3 amide bonds. The van der Waals surface area contributed by atoms with Crippen LogP contribution in [0.1, 0.15) is 24.8 Å². The van der Waals surface area contributed by atoms with Gasteiger partial charge in [0, 0.05) is 35.6 Å². The number of carbonyl (C=O) groups is 2. The smallest absolute Gasteiger partial charge is 0.323 e. The first-order valence-corrected chi connectivity index (χ1v) is 9.59. The van der Waals surface area contributed by atoms with Gasteiger partial charge in [0.05, 0.1) is 0 Å². The molecule has 0 atom stereocenters. The molecule has 0 spiro atoms. The number of benzene rings is 2. The number of rotatable bonds is 3. The van der Waals surface area contributed by atoms with Crippen molar-refractivity contribution in [2.45, 2.75) is 25.7 Å². The molecular formula is C21H21N3O4. The zero-order valence-electron chi connectivity index (χ0n) is 15.4. The maximum Gasteiger partial charge on any atom is 0.323 e. The molecule has 0 aromatic heterocycles. The monoisotopic (exact) mass is 379 g/mol. The number of amides is 3. The quantitative estimate of drug-likeness (QED) is 0.851. The summed E-state index contributed by atoms with van der Waals surface area (Å²) < 4.78 is 10.6. The first kappa shape index (κ1) is 16.9. The lowest BCUT2D eigenvalue weighted by atomic mass is 10.0. The van der Waals surface area contributed by atoms with Crippen molar-refractivity contribution in [1.82, 2.24) is 0 Å². The summed E-state index contributed by atoms with van der Waals surface area (Å²) in [5, 5.41) is 5.66. The molecule has 2 aliphatic heterocycles. The normalized spacial score (nSPS) is 17.1. The van der Waals surface area contributed by atoms with Gasteiger partial charge in [-0.15, -0.1) is 0 Å². The van der Waals surface area contributed by atoms with Gasteiger partial charge in [0.15, 0.2) is 11.5 Å². The summed E-state index contributed by atoms with van der Waals surface area (Å²) in [5.74, 6) is 1.73. The average molecular weight is 379 g/mol. The van der Waals surface area contributed by atoms with Gasteiger partial charge in [0.25, 0.3) is 0 Å². The molecule has 144 valence electrons. The van der Waals surface area contributed by atoms with E-state index in [0.717, 1.165) is 43.5 Å². The van der Waals surface area contributed by atoms with Crippen LogP contribution in [-0.2, 0) is 11.2 Å². The second-order valence-corrected chi connectivity index (χ2v) is 7.36. The minimum absolute atomic E-state index is 0.195. The Kier molecular flexibility index (Phi) is 4.07. The fraction of sp³-hybridized carbons (Fsp3) is 0.333.